The minimum atomic E-state index is -1.47. The molecule has 0 aliphatic rings. The van der Waals surface area contributed by atoms with Crippen molar-refractivity contribution < 1.29 is 19.4 Å². The Bertz CT molecular complexity index is 393. The Morgan fingerprint density at radius 2 is 2.29 bits per heavy atom. The van der Waals surface area contributed by atoms with Crippen LogP contribution in [-0.4, -0.2) is 56.4 Å². The molecular weight excluding hydrogens is 230 g/mol. The van der Waals surface area contributed by atoms with Gasteiger partial charge in [-0.2, -0.15) is 0 Å². The zero-order valence-corrected chi connectivity index (χ0v) is 9.45. The predicted molar refractivity (Wildman–Crippen MR) is 53.9 cm³/mol. The second kappa shape index (κ2) is 5.34. The molecule has 0 radical (unpaired) electrons. The molecular formula is C8H13N5O4. The van der Waals surface area contributed by atoms with E-state index in [4.69, 9.17) is 9.84 Å². The van der Waals surface area contributed by atoms with Crippen LogP contribution in [-0.2, 0) is 20.9 Å². The van der Waals surface area contributed by atoms with Crippen LogP contribution in [0, 0.1) is 0 Å². The second-order valence-electron chi connectivity index (χ2n) is 3.63. The molecule has 1 rings (SSSR count). The molecule has 0 aromatic carbocycles. The maximum atomic E-state index is 11.6. The fraction of sp³-hybridized carbons (Fsp3) is 0.625. The number of carboxylic acids is 1. The molecule has 17 heavy (non-hydrogen) atoms. The summed E-state index contributed by atoms with van der Waals surface area (Å²) in [6.07, 6.45) is 1.26. The number of hydrogen-bond donors (Lipinski definition) is 2. The second-order valence-corrected chi connectivity index (χ2v) is 3.63. The molecule has 0 aliphatic carbocycles. The van der Waals surface area contributed by atoms with Crippen LogP contribution < -0.4 is 5.32 Å². The van der Waals surface area contributed by atoms with Crippen LogP contribution in [0.2, 0.25) is 0 Å². The van der Waals surface area contributed by atoms with E-state index in [0.717, 1.165) is 0 Å². The highest BCUT2D eigenvalue weighted by Crippen LogP contribution is 2.04. The molecule has 9 heteroatoms. The fourth-order valence-electron chi connectivity index (χ4n) is 1.19. The van der Waals surface area contributed by atoms with E-state index in [1.54, 1.807) is 0 Å². The normalized spacial score (nSPS) is 14.0. The SMILES string of the molecule is COCC(C)(NC(=O)Cn1cnnn1)C(=O)O. The number of hydrogen-bond acceptors (Lipinski definition) is 6. The summed E-state index contributed by atoms with van der Waals surface area (Å²) in [5.74, 6) is -1.69. The van der Waals surface area contributed by atoms with Gasteiger partial charge in [-0.15, -0.1) is 5.10 Å². The van der Waals surface area contributed by atoms with Crippen LogP contribution >= 0.6 is 0 Å². The predicted octanol–water partition coefficient (Wildman–Crippen LogP) is -1.72. The highest BCUT2D eigenvalue weighted by Gasteiger charge is 2.34. The first-order chi connectivity index (χ1) is 7.98. The summed E-state index contributed by atoms with van der Waals surface area (Å²) in [6, 6.07) is 0. The maximum Gasteiger partial charge on any atom is 0.331 e. The molecule has 0 bridgehead atoms. The molecule has 1 amide bonds. The Labute approximate surface area is 96.8 Å². The zero-order chi connectivity index (χ0) is 12.9. The van der Waals surface area contributed by atoms with E-state index >= 15 is 0 Å². The van der Waals surface area contributed by atoms with E-state index in [-0.39, 0.29) is 13.2 Å². The van der Waals surface area contributed by atoms with Gasteiger partial charge in [0.25, 0.3) is 0 Å². The number of carbonyl (C=O) groups excluding carboxylic acids is 1. The van der Waals surface area contributed by atoms with Crippen molar-refractivity contribution in [2.24, 2.45) is 0 Å². The van der Waals surface area contributed by atoms with E-state index in [1.807, 2.05) is 0 Å². The molecule has 1 aromatic heterocycles. The standard InChI is InChI=1S/C8H13N5O4/c1-8(4-17-2,7(15)16)10-6(14)3-13-5-9-11-12-13/h5H,3-4H2,1-2H3,(H,10,14)(H,15,16). The van der Waals surface area contributed by atoms with E-state index in [2.05, 4.69) is 20.8 Å². The largest absolute Gasteiger partial charge is 0.479 e. The summed E-state index contributed by atoms with van der Waals surface area (Å²) in [4.78, 5) is 22.6. The third-order valence-corrected chi connectivity index (χ3v) is 2.02. The third-order valence-electron chi connectivity index (χ3n) is 2.02. The van der Waals surface area contributed by atoms with Crippen LogP contribution in [0.15, 0.2) is 6.33 Å². The van der Waals surface area contributed by atoms with Gasteiger partial charge in [-0.25, -0.2) is 9.48 Å². The van der Waals surface area contributed by atoms with Gasteiger partial charge in [0.1, 0.15) is 12.9 Å². The van der Waals surface area contributed by atoms with Crippen LogP contribution in [0.25, 0.3) is 0 Å². The molecule has 0 saturated heterocycles. The number of ether oxygens (including phenoxy) is 1. The molecule has 0 spiro atoms. The Morgan fingerprint density at radius 3 is 2.76 bits per heavy atom. The highest BCUT2D eigenvalue weighted by atomic mass is 16.5. The molecule has 1 aromatic rings. The summed E-state index contributed by atoms with van der Waals surface area (Å²) in [7, 11) is 1.36. The maximum absolute atomic E-state index is 11.6. The molecule has 1 heterocycles. The van der Waals surface area contributed by atoms with E-state index in [0.29, 0.717) is 0 Å². The summed E-state index contributed by atoms with van der Waals surface area (Å²) >= 11 is 0. The van der Waals surface area contributed by atoms with Crippen molar-refractivity contribution in [2.45, 2.75) is 19.0 Å². The smallest absolute Gasteiger partial charge is 0.331 e. The highest BCUT2D eigenvalue weighted by molar-refractivity contribution is 5.86. The Kier molecular flexibility index (Phi) is 4.10. The average Bonchev–Trinajstić information content (AvgIpc) is 2.70. The number of aliphatic carboxylic acids is 1. The van der Waals surface area contributed by atoms with Crippen molar-refractivity contribution >= 4 is 11.9 Å². The molecule has 0 aliphatic heterocycles. The first-order valence-electron chi connectivity index (χ1n) is 4.72. The average molecular weight is 243 g/mol. The molecule has 0 fully saturated rings. The van der Waals surface area contributed by atoms with Crippen molar-refractivity contribution in [2.75, 3.05) is 13.7 Å². The summed E-state index contributed by atoms with van der Waals surface area (Å²) in [6.45, 7) is 1.07. The number of carboxylic acid groups (broad SMARTS) is 1. The Morgan fingerprint density at radius 1 is 1.59 bits per heavy atom. The van der Waals surface area contributed by atoms with Gasteiger partial charge >= 0.3 is 5.97 Å². The lowest BCUT2D eigenvalue weighted by Gasteiger charge is -2.25. The third kappa shape index (κ3) is 3.48. The zero-order valence-electron chi connectivity index (χ0n) is 9.45. The van der Waals surface area contributed by atoms with Gasteiger partial charge in [-0.3, -0.25) is 4.79 Å². The minimum absolute atomic E-state index is 0.135. The first-order valence-corrected chi connectivity index (χ1v) is 4.72. The lowest BCUT2D eigenvalue weighted by atomic mass is 10.0. The first kappa shape index (κ1) is 13.0. The molecule has 2 N–H and O–H groups in total. The van der Waals surface area contributed by atoms with Crippen LogP contribution in [0.1, 0.15) is 6.92 Å². The van der Waals surface area contributed by atoms with Gasteiger partial charge in [-0.1, -0.05) is 0 Å². The number of aromatic nitrogens is 4. The number of tetrazole rings is 1. The number of nitrogens with zero attached hydrogens (tertiary/aromatic N) is 4. The van der Waals surface area contributed by atoms with E-state index in [9.17, 15) is 9.59 Å². The van der Waals surface area contributed by atoms with Gasteiger partial charge < -0.3 is 15.2 Å². The molecule has 94 valence electrons. The minimum Gasteiger partial charge on any atom is -0.479 e. The van der Waals surface area contributed by atoms with Crippen molar-refractivity contribution in [3.05, 3.63) is 6.33 Å². The number of carbonyl (C=O) groups is 2. The number of amides is 1. The van der Waals surface area contributed by atoms with Crippen LogP contribution in [0.4, 0.5) is 0 Å². The number of methoxy groups -OCH3 is 1. The van der Waals surface area contributed by atoms with Gasteiger partial charge in [0.15, 0.2) is 5.54 Å². The van der Waals surface area contributed by atoms with Gasteiger partial charge in [0, 0.05) is 7.11 Å². The molecule has 1 unspecified atom stereocenters. The summed E-state index contributed by atoms with van der Waals surface area (Å²) in [5, 5.41) is 21.6. The summed E-state index contributed by atoms with van der Waals surface area (Å²) < 4.78 is 5.95. The quantitative estimate of drug-likeness (QED) is 0.609. The van der Waals surface area contributed by atoms with E-state index < -0.39 is 17.4 Å². The van der Waals surface area contributed by atoms with E-state index in [1.165, 1.54) is 25.0 Å². The van der Waals surface area contributed by atoms with Gasteiger partial charge in [0.2, 0.25) is 5.91 Å². The fourth-order valence-corrected chi connectivity index (χ4v) is 1.19. The van der Waals surface area contributed by atoms with Crippen molar-refractivity contribution in [3.8, 4) is 0 Å². The monoisotopic (exact) mass is 243 g/mol. The topological polar surface area (TPSA) is 119 Å². The number of nitrogens with one attached hydrogen (secondary N) is 1. The molecule has 0 saturated carbocycles. The van der Waals surface area contributed by atoms with Crippen LogP contribution in [0.3, 0.4) is 0 Å². The number of rotatable bonds is 6. The lowest BCUT2D eigenvalue weighted by molar-refractivity contribution is -0.149. The molecule has 9 nitrogen and oxygen atoms in total. The van der Waals surface area contributed by atoms with Crippen molar-refractivity contribution in [3.63, 3.8) is 0 Å². The Balaban J connectivity index is 2.61. The van der Waals surface area contributed by atoms with Crippen LogP contribution in [0.5, 0.6) is 0 Å². The van der Waals surface area contributed by atoms with Crippen molar-refractivity contribution in [1.29, 1.82) is 0 Å². The van der Waals surface area contributed by atoms with Crippen molar-refractivity contribution in [1.82, 2.24) is 25.5 Å². The lowest BCUT2D eigenvalue weighted by Crippen LogP contribution is -2.56. The van der Waals surface area contributed by atoms with Gasteiger partial charge in [0.05, 0.1) is 6.61 Å². The summed E-state index contributed by atoms with van der Waals surface area (Å²) in [5.41, 5.74) is -1.47. The Hall–Kier alpha value is -2.03. The molecule has 1 atom stereocenters. The van der Waals surface area contributed by atoms with Gasteiger partial charge in [-0.05, 0) is 17.4 Å².